The van der Waals surface area contributed by atoms with Crippen molar-refractivity contribution < 1.29 is 8.42 Å². The van der Waals surface area contributed by atoms with Crippen LogP contribution in [0.25, 0.3) is 5.69 Å². The van der Waals surface area contributed by atoms with Crippen LogP contribution in [0.5, 0.6) is 0 Å². The molecule has 3 aliphatic heterocycles. The molecule has 3 aromatic rings. The topological polar surface area (TPSA) is 84.2 Å². The van der Waals surface area contributed by atoms with Gasteiger partial charge in [-0.15, -0.1) is 10.2 Å². The molecule has 0 atom stereocenters. The summed E-state index contributed by atoms with van der Waals surface area (Å²) in [5.74, 6) is 3.57. The zero-order valence-corrected chi connectivity index (χ0v) is 20.6. The van der Waals surface area contributed by atoms with Crippen molar-refractivity contribution in [1.82, 2.24) is 24.6 Å². The molecule has 0 saturated carbocycles. The van der Waals surface area contributed by atoms with E-state index in [9.17, 15) is 8.42 Å². The number of fused-ring (bicyclic) bond motifs is 3. The number of anilines is 1. The third-order valence-corrected chi connectivity index (χ3v) is 9.26. The summed E-state index contributed by atoms with van der Waals surface area (Å²) in [6, 6.07) is 10.1. The van der Waals surface area contributed by atoms with Crippen LogP contribution >= 0.6 is 11.6 Å². The first-order chi connectivity index (χ1) is 16.4. The normalized spacial score (nSPS) is 20.9. The van der Waals surface area contributed by atoms with E-state index < -0.39 is 9.84 Å². The Labute approximate surface area is 204 Å². The van der Waals surface area contributed by atoms with Crippen LogP contribution in [-0.2, 0) is 22.9 Å². The Morgan fingerprint density at radius 3 is 2.53 bits per heavy atom. The molecule has 6 rings (SSSR count). The van der Waals surface area contributed by atoms with Crippen LogP contribution in [0.3, 0.4) is 0 Å². The number of rotatable bonds is 3. The van der Waals surface area contributed by atoms with Gasteiger partial charge in [0.2, 0.25) is 0 Å². The second kappa shape index (κ2) is 8.32. The SMILES string of the molecule is Cc1ccc(N2CCC(c3nnc4n3-c3ccc(Cl)cc3CN(C3CS(=O)(=O)C3)C4)CC2)nc1. The molecule has 1 aromatic carbocycles. The van der Waals surface area contributed by atoms with Crippen LogP contribution in [0.4, 0.5) is 5.82 Å². The lowest BCUT2D eigenvalue weighted by Gasteiger charge is -2.35. The van der Waals surface area contributed by atoms with E-state index in [4.69, 9.17) is 11.6 Å². The predicted octanol–water partition coefficient (Wildman–Crippen LogP) is 3.12. The van der Waals surface area contributed by atoms with Gasteiger partial charge in [-0.25, -0.2) is 13.4 Å². The van der Waals surface area contributed by atoms with Gasteiger partial charge in [-0.05, 0) is 55.2 Å². The van der Waals surface area contributed by atoms with E-state index in [0.29, 0.717) is 24.0 Å². The minimum absolute atomic E-state index is 0.00813. The zero-order chi connectivity index (χ0) is 23.4. The van der Waals surface area contributed by atoms with Crippen molar-refractivity contribution in [2.45, 2.75) is 44.8 Å². The van der Waals surface area contributed by atoms with Gasteiger partial charge in [0.1, 0.15) is 11.6 Å². The Hall–Kier alpha value is -2.49. The number of benzene rings is 1. The number of sulfone groups is 1. The van der Waals surface area contributed by atoms with Crippen LogP contribution in [-0.4, -0.2) is 63.7 Å². The van der Waals surface area contributed by atoms with Gasteiger partial charge in [0.25, 0.3) is 0 Å². The lowest BCUT2D eigenvalue weighted by atomic mass is 9.95. The highest BCUT2D eigenvalue weighted by Gasteiger charge is 2.40. The molecule has 0 unspecified atom stereocenters. The highest BCUT2D eigenvalue weighted by molar-refractivity contribution is 7.92. The maximum absolute atomic E-state index is 11.8. The van der Waals surface area contributed by atoms with Crippen molar-refractivity contribution in [1.29, 1.82) is 0 Å². The highest BCUT2D eigenvalue weighted by Crippen LogP contribution is 2.35. The molecular formula is C24H27ClN6O2S. The van der Waals surface area contributed by atoms with Crippen LogP contribution in [0.15, 0.2) is 36.5 Å². The molecule has 178 valence electrons. The Kier molecular flexibility index (Phi) is 5.38. The molecule has 0 N–H and O–H groups in total. The summed E-state index contributed by atoms with van der Waals surface area (Å²) in [5, 5.41) is 9.93. The van der Waals surface area contributed by atoms with E-state index in [2.05, 4.69) is 48.6 Å². The first-order valence-corrected chi connectivity index (χ1v) is 13.9. The number of hydrogen-bond donors (Lipinski definition) is 0. The predicted molar refractivity (Wildman–Crippen MR) is 131 cm³/mol. The van der Waals surface area contributed by atoms with Gasteiger partial charge >= 0.3 is 0 Å². The Morgan fingerprint density at radius 1 is 1.03 bits per heavy atom. The minimum Gasteiger partial charge on any atom is -0.357 e. The molecule has 3 aliphatic rings. The maximum atomic E-state index is 11.8. The van der Waals surface area contributed by atoms with Crippen molar-refractivity contribution in [2.75, 3.05) is 29.5 Å². The first-order valence-electron chi connectivity index (χ1n) is 11.7. The molecule has 0 amide bonds. The number of hydrogen-bond acceptors (Lipinski definition) is 7. The number of nitrogens with zero attached hydrogens (tertiary/aromatic N) is 6. The van der Waals surface area contributed by atoms with Crippen LogP contribution in [0.2, 0.25) is 5.02 Å². The summed E-state index contributed by atoms with van der Waals surface area (Å²) in [5.41, 5.74) is 3.29. The Morgan fingerprint density at radius 2 is 1.82 bits per heavy atom. The molecule has 0 bridgehead atoms. The largest absolute Gasteiger partial charge is 0.357 e. The summed E-state index contributed by atoms with van der Waals surface area (Å²) in [6.07, 6.45) is 3.86. The average Bonchev–Trinajstić information content (AvgIpc) is 3.14. The maximum Gasteiger partial charge on any atom is 0.153 e. The van der Waals surface area contributed by atoms with Gasteiger partial charge in [-0.2, -0.15) is 0 Å². The molecule has 0 radical (unpaired) electrons. The van der Waals surface area contributed by atoms with E-state index in [1.807, 2.05) is 24.4 Å². The van der Waals surface area contributed by atoms with Crippen molar-refractivity contribution in [3.63, 3.8) is 0 Å². The molecule has 0 spiro atoms. The number of aryl methyl sites for hydroxylation is 1. The molecule has 34 heavy (non-hydrogen) atoms. The quantitative estimate of drug-likeness (QED) is 0.548. The minimum atomic E-state index is -2.92. The van der Waals surface area contributed by atoms with Crippen LogP contribution in [0, 0.1) is 6.92 Å². The second-order valence-corrected chi connectivity index (χ2v) is 12.3. The van der Waals surface area contributed by atoms with E-state index in [-0.39, 0.29) is 17.5 Å². The number of pyridine rings is 1. The fourth-order valence-corrected chi connectivity index (χ4v) is 7.03. The third kappa shape index (κ3) is 3.99. The fraction of sp³-hybridized carbons (Fsp3) is 0.458. The smallest absolute Gasteiger partial charge is 0.153 e. The Bertz CT molecular complexity index is 1320. The van der Waals surface area contributed by atoms with E-state index >= 15 is 0 Å². The van der Waals surface area contributed by atoms with E-state index in [0.717, 1.165) is 60.2 Å². The van der Waals surface area contributed by atoms with E-state index in [1.165, 1.54) is 0 Å². The van der Waals surface area contributed by atoms with Gasteiger partial charge < -0.3 is 4.90 Å². The number of piperidine rings is 1. The van der Waals surface area contributed by atoms with E-state index in [1.54, 1.807) is 0 Å². The summed E-state index contributed by atoms with van der Waals surface area (Å²) >= 11 is 6.36. The Balaban J connectivity index is 1.29. The van der Waals surface area contributed by atoms with Gasteiger partial charge in [-0.1, -0.05) is 17.7 Å². The molecule has 2 aromatic heterocycles. The fourth-order valence-electron chi connectivity index (χ4n) is 5.34. The third-order valence-electron chi connectivity index (χ3n) is 7.24. The molecular weight excluding hydrogens is 472 g/mol. The zero-order valence-electron chi connectivity index (χ0n) is 19.1. The lowest BCUT2D eigenvalue weighted by molar-refractivity contribution is 0.193. The molecule has 10 heteroatoms. The summed E-state index contributed by atoms with van der Waals surface area (Å²) in [4.78, 5) is 9.13. The molecule has 2 saturated heterocycles. The first kappa shape index (κ1) is 22.0. The highest BCUT2D eigenvalue weighted by atomic mass is 35.5. The molecule has 8 nitrogen and oxygen atoms in total. The van der Waals surface area contributed by atoms with Crippen molar-refractivity contribution >= 4 is 27.3 Å². The van der Waals surface area contributed by atoms with Crippen molar-refractivity contribution in [3.8, 4) is 5.69 Å². The lowest BCUT2D eigenvalue weighted by Crippen LogP contribution is -2.52. The van der Waals surface area contributed by atoms with Crippen LogP contribution < -0.4 is 4.90 Å². The summed E-state index contributed by atoms with van der Waals surface area (Å²) < 4.78 is 25.9. The van der Waals surface area contributed by atoms with Gasteiger partial charge in [0, 0.05) is 42.8 Å². The standard InChI is InChI=1S/C24H27ClN6O2S/c1-16-2-5-22(26-11-16)29-8-6-17(7-9-29)24-28-27-23-13-30(20-14-34(32,33)15-20)12-18-10-19(25)3-4-21(18)31(23)24/h2-5,10-11,17,20H,6-9,12-15H2,1H3. The number of aromatic nitrogens is 4. The van der Waals surface area contributed by atoms with Crippen LogP contribution in [0.1, 0.15) is 41.5 Å². The molecule has 0 aliphatic carbocycles. The molecule has 2 fully saturated rings. The average molecular weight is 499 g/mol. The number of halogens is 1. The van der Waals surface area contributed by atoms with Crippen molar-refractivity contribution in [3.05, 3.63) is 64.3 Å². The van der Waals surface area contributed by atoms with Gasteiger partial charge in [-0.3, -0.25) is 9.47 Å². The molecule has 5 heterocycles. The summed E-state index contributed by atoms with van der Waals surface area (Å²) in [6.45, 7) is 5.11. The summed E-state index contributed by atoms with van der Waals surface area (Å²) in [7, 11) is -2.92. The van der Waals surface area contributed by atoms with Gasteiger partial charge in [0.05, 0.1) is 23.7 Å². The second-order valence-electron chi connectivity index (χ2n) is 9.67. The monoisotopic (exact) mass is 498 g/mol. The van der Waals surface area contributed by atoms with Crippen molar-refractivity contribution in [2.24, 2.45) is 0 Å². The van der Waals surface area contributed by atoms with Gasteiger partial charge in [0.15, 0.2) is 15.7 Å².